The fraction of sp³-hybridized carbons (Fsp3) is 0.364. The van der Waals surface area contributed by atoms with Crippen LogP contribution in [0.2, 0.25) is 0 Å². The number of rotatable bonds is 7. The molecule has 1 atom stereocenters. The van der Waals surface area contributed by atoms with Crippen molar-refractivity contribution in [1.82, 2.24) is 10.2 Å². The van der Waals surface area contributed by atoms with Crippen LogP contribution >= 0.6 is 0 Å². The van der Waals surface area contributed by atoms with Crippen molar-refractivity contribution in [1.29, 1.82) is 0 Å². The number of carbonyl (C=O) groups excluding carboxylic acids is 2. The summed E-state index contributed by atoms with van der Waals surface area (Å²) in [6.45, 7) is 4.00. The van der Waals surface area contributed by atoms with E-state index in [0.29, 0.717) is 18.5 Å². The molecule has 142 valence electrons. The van der Waals surface area contributed by atoms with E-state index in [1.165, 1.54) is 18.1 Å². The molecule has 1 aliphatic heterocycles. The third kappa shape index (κ3) is 5.49. The predicted octanol–water partition coefficient (Wildman–Crippen LogP) is 1.97. The standard InChI is InChI=1S/C22H26N2O3/c1-16(25)11-17-5-4-8-19(12-17)22(27)23-13-21(26)15-24-10-9-18-6-2-3-7-20(18)14-24/h2-8,12,21,26H,9-11,13-15H2,1H3,(H,23,27). The Morgan fingerprint density at radius 3 is 2.70 bits per heavy atom. The normalized spacial score (nSPS) is 15.0. The molecule has 1 heterocycles. The number of fused-ring (bicyclic) bond motifs is 1. The van der Waals surface area contributed by atoms with Gasteiger partial charge in [0.2, 0.25) is 0 Å². The Hall–Kier alpha value is -2.50. The zero-order valence-corrected chi connectivity index (χ0v) is 15.6. The lowest BCUT2D eigenvalue weighted by Crippen LogP contribution is -2.42. The molecule has 0 spiro atoms. The Bertz CT molecular complexity index is 819. The molecule has 2 N–H and O–H groups in total. The Morgan fingerprint density at radius 1 is 1.15 bits per heavy atom. The van der Waals surface area contributed by atoms with Crippen LogP contribution in [0.3, 0.4) is 0 Å². The van der Waals surface area contributed by atoms with Crippen molar-refractivity contribution >= 4 is 11.7 Å². The number of β-amino-alcohol motifs (C(OH)–C–C–N with tert-alkyl or cyclic N) is 1. The van der Waals surface area contributed by atoms with Crippen molar-refractivity contribution < 1.29 is 14.7 Å². The van der Waals surface area contributed by atoms with E-state index >= 15 is 0 Å². The van der Waals surface area contributed by atoms with E-state index in [4.69, 9.17) is 0 Å². The van der Waals surface area contributed by atoms with Gasteiger partial charge in [0.1, 0.15) is 5.78 Å². The maximum Gasteiger partial charge on any atom is 0.251 e. The fourth-order valence-electron chi connectivity index (χ4n) is 3.50. The van der Waals surface area contributed by atoms with E-state index in [9.17, 15) is 14.7 Å². The predicted molar refractivity (Wildman–Crippen MR) is 105 cm³/mol. The van der Waals surface area contributed by atoms with Gasteiger partial charge in [-0.1, -0.05) is 36.4 Å². The van der Waals surface area contributed by atoms with E-state index in [1.807, 2.05) is 12.1 Å². The molecule has 5 nitrogen and oxygen atoms in total. The van der Waals surface area contributed by atoms with Gasteiger partial charge in [-0.2, -0.15) is 0 Å². The van der Waals surface area contributed by atoms with Crippen LogP contribution in [0.25, 0.3) is 0 Å². The Morgan fingerprint density at radius 2 is 1.93 bits per heavy atom. The number of ketones is 1. The molecule has 0 fully saturated rings. The molecule has 2 aromatic carbocycles. The number of nitrogens with zero attached hydrogens (tertiary/aromatic N) is 1. The minimum absolute atomic E-state index is 0.0612. The van der Waals surface area contributed by atoms with Gasteiger partial charge in [0.05, 0.1) is 6.10 Å². The molecule has 1 unspecified atom stereocenters. The summed E-state index contributed by atoms with van der Waals surface area (Å²) in [5, 5.41) is 13.1. The van der Waals surface area contributed by atoms with Crippen molar-refractivity contribution in [2.24, 2.45) is 0 Å². The van der Waals surface area contributed by atoms with Crippen molar-refractivity contribution in [3.63, 3.8) is 0 Å². The van der Waals surface area contributed by atoms with Crippen LogP contribution in [0.15, 0.2) is 48.5 Å². The van der Waals surface area contributed by atoms with E-state index in [-0.39, 0.29) is 18.2 Å². The molecule has 1 amide bonds. The van der Waals surface area contributed by atoms with Crippen LogP contribution < -0.4 is 5.32 Å². The van der Waals surface area contributed by atoms with Crippen LogP contribution in [-0.4, -0.2) is 47.4 Å². The molecule has 2 aromatic rings. The van der Waals surface area contributed by atoms with Gasteiger partial charge in [-0.05, 0) is 42.2 Å². The topological polar surface area (TPSA) is 69.6 Å². The quantitative estimate of drug-likeness (QED) is 0.786. The van der Waals surface area contributed by atoms with Crippen molar-refractivity contribution in [3.05, 3.63) is 70.8 Å². The molecule has 0 aliphatic carbocycles. The second-order valence-corrected chi connectivity index (χ2v) is 7.20. The minimum Gasteiger partial charge on any atom is -0.390 e. The number of nitrogens with one attached hydrogen (secondary N) is 1. The first-order valence-electron chi connectivity index (χ1n) is 9.35. The summed E-state index contributed by atoms with van der Waals surface area (Å²) >= 11 is 0. The number of aliphatic hydroxyl groups is 1. The minimum atomic E-state index is -0.625. The summed E-state index contributed by atoms with van der Waals surface area (Å²) in [7, 11) is 0. The summed E-state index contributed by atoms with van der Waals surface area (Å²) in [5.74, 6) is -0.172. The maximum atomic E-state index is 12.3. The first kappa shape index (κ1) is 19.3. The van der Waals surface area contributed by atoms with Crippen LogP contribution in [0.4, 0.5) is 0 Å². The maximum absolute atomic E-state index is 12.3. The smallest absolute Gasteiger partial charge is 0.251 e. The number of aliphatic hydroxyl groups excluding tert-OH is 1. The highest BCUT2D eigenvalue weighted by atomic mass is 16.3. The van der Waals surface area contributed by atoms with Gasteiger partial charge in [0, 0.05) is 38.2 Å². The summed E-state index contributed by atoms with van der Waals surface area (Å²) in [6, 6.07) is 15.4. The summed E-state index contributed by atoms with van der Waals surface area (Å²) < 4.78 is 0. The number of hydrogen-bond acceptors (Lipinski definition) is 4. The van der Waals surface area contributed by atoms with Gasteiger partial charge < -0.3 is 10.4 Å². The van der Waals surface area contributed by atoms with Crippen LogP contribution in [0.1, 0.15) is 34.0 Å². The van der Waals surface area contributed by atoms with Crippen molar-refractivity contribution in [2.75, 3.05) is 19.6 Å². The molecular formula is C22H26N2O3. The lowest BCUT2D eigenvalue weighted by molar-refractivity contribution is -0.116. The lowest BCUT2D eigenvalue weighted by Gasteiger charge is -2.30. The van der Waals surface area contributed by atoms with Crippen molar-refractivity contribution in [2.45, 2.75) is 32.4 Å². The van der Waals surface area contributed by atoms with E-state index in [0.717, 1.165) is 25.1 Å². The molecular weight excluding hydrogens is 340 g/mol. The monoisotopic (exact) mass is 366 g/mol. The number of benzene rings is 2. The lowest BCUT2D eigenvalue weighted by atomic mass is 10.00. The molecule has 0 saturated heterocycles. The van der Waals surface area contributed by atoms with Crippen LogP contribution in [0.5, 0.6) is 0 Å². The fourth-order valence-corrected chi connectivity index (χ4v) is 3.50. The highest BCUT2D eigenvalue weighted by molar-refractivity contribution is 5.94. The van der Waals surface area contributed by atoms with E-state index in [1.54, 1.807) is 18.2 Å². The highest BCUT2D eigenvalue weighted by Gasteiger charge is 2.19. The third-order valence-electron chi connectivity index (χ3n) is 4.82. The molecule has 27 heavy (non-hydrogen) atoms. The molecule has 0 saturated carbocycles. The molecule has 1 aliphatic rings. The summed E-state index contributed by atoms with van der Waals surface area (Å²) in [5.41, 5.74) is 4.01. The summed E-state index contributed by atoms with van der Waals surface area (Å²) in [6.07, 6.45) is 0.679. The summed E-state index contributed by atoms with van der Waals surface area (Å²) in [4.78, 5) is 25.8. The Labute approximate surface area is 160 Å². The van der Waals surface area contributed by atoms with Gasteiger partial charge in [0.15, 0.2) is 0 Å². The van der Waals surface area contributed by atoms with E-state index < -0.39 is 6.10 Å². The Balaban J connectivity index is 1.48. The third-order valence-corrected chi connectivity index (χ3v) is 4.82. The molecule has 3 rings (SSSR count). The zero-order valence-electron chi connectivity index (χ0n) is 15.6. The Kier molecular flexibility index (Phi) is 6.37. The van der Waals surface area contributed by atoms with Gasteiger partial charge in [-0.3, -0.25) is 14.5 Å². The van der Waals surface area contributed by atoms with Crippen LogP contribution in [-0.2, 0) is 24.2 Å². The van der Waals surface area contributed by atoms with Crippen LogP contribution in [0, 0.1) is 0 Å². The SMILES string of the molecule is CC(=O)Cc1cccc(C(=O)NCC(O)CN2CCc3ccccc3C2)c1. The molecule has 0 bridgehead atoms. The number of amides is 1. The molecule has 5 heteroatoms. The van der Waals surface area contributed by atoms with E-state index in [2.05, 4.69) is 28.4 Å². The van der Waals surface area contributed by atoms with Gasteiger partial charge in [-0.25, -0.2) is 0 Å². The average molecular weight is 366 g/mol. The first-order valence-corrected chi connectivity index (χ1v) is 9.35. The molecule has 0 radical (unpaired) electrons. The van der Waals surface area contributed by atoms with Gasteiger partial charge in [0.25, 0.3) is 5.91 Å². The zero-order chi connectivity index (χ0) is 19.2. The average Bonchev–Trinajstić information content (AvgIpc) is 2.65. The van der Waals surface area contributed by atoms with Gasteiger partial charge >= 0.3 is 0 Å². The number of carbonyl (C=O) groups is 2. The highest BCUT2D eigenvalue weighted by Crippen LogP contribution is 2.18. The largest absolute Gasteiger partial charge is 0.390 e. The number of Topliss-reactive ketones (excluding diaryl/α,β-unsaturated/α-hetero) is 1. The van der Waals surface area contributed by atoms with Crippen molar-refractivity contribution in [3.8, 4) is 0 Å². The second kappa shape index (κ2) is 8.93. The number of hydrogen-bond donors (Lipinski definition) is 2. The second-order valence-electron chi connectivity index (χ2n) is 7.20. The first-order chi connectivity index (χ1) is 13.0. The molecule has 0 aromatic heterocycles. The van der Waals surface area contributed by atoms with Gasteiger partial charge in [-0.15, -0.1) is 0 Å².